The molecule has 2 aromatic rings. The SMILES string of the molecule is Cc1cccc(N2CCN(C(=O)C(=O)Nc3cccnc3)CC2)c1C. The average Bonchev–Trinajstić information content (AvgIpc) is 2.64. The van der Waals surface area contributed by atoms with Crippen molar-refractivity contribution in [1.29, 1.82) is 0 Å². The van der Waals surface area contributed by atoms with E-state index in [4.69, 9.17) is 0 Å². The Labute approximate surface area is 147 Å². The monoisotopic (exact) mass is 338 g/mol. The number of rotatable bonds is 2. The van der Waals surface area contributed by atoms with Gasteiger partial charge in [0.05, 0.1) is 11.9 Å². The van der Waals surface area contributed by atoms with Gasteiger partial charge in [-0.25, -0.2) is 0 Å². The summed E-state index contributed by atoms with van der Waals surface area (Å²) in [6, 6.07) is 9.67. The maximum absolute atomic E-state index is 12.3. The van der Waals surface area contributed by atoms with Crippen LogP contribution in [0.2, 0.25) is 0 Å². The molecule has 1 aliphatic rings. The van der Waals surface area contributed by atoms with Gasteiger partial charge in [-0.1, -0.05) is 12.1 Å². The number of hydrogen-bond donors (Lipinski definition) is 1. The summed E-state index contributed by atoms with van der Waals surface area (Å²) >= 11 is 0. The summed E-state index contributed by atoms with van der Waals surface area (Å²) in [7, 11) is 0. The number of carbonyl (C=O) groups is 2. The smallest absolute Gasteiger partial charge is 0.313 e. The van der Waals surface area contributed by atoms with Crippen LogP contribution >= 0.6 is 0 Å². The van der Waals surface area contributed by atoms with Crippen LogP contribution in [0, 0.1) is 13.8 Å². The van der Waals surface area contributed by atoms with E-state index in [0.29, 0.717) is 18.8 Å². The van der Waals surface area contributed by atoms with Crippen molar-refractivity contribution in [2.75, 3.05) is 36.4 Å². The van der Waals surface area contributed by atoms with Crippen LogP contribution in [0.1, 0.15) is 11.1 Å². The fourth-order valence-corrected chi connectivity index (χ4v) is 2.99. The number of aromatic nitrogens is 1. The molecule has 0 atom stereocenters. The molecule has 6 heteroatoms. The van der Waals surface area contributed by atoms with Gasteiger partial charge in [0.25, 0.3) is 0 Å². The maximum Gasteiger partial charge on any atom is 0.313 e. The molecule has 0 saturated carbocycles. The molecule has 0 aliphatic carbocycles. The predicted octanol–water partition coefficient (Wildman–Crippen LogP) is 1.99. The maximum atomic E-state index is 12.3. The number of carbonyl (C=O) groups excluding carboxylic acids is 2. The largest absolute Gasteiger partial charge is 0.368 e. The molecule has 3 rings (SSSR count). The first kappa shape index (κ1) is 17.0. The van der Waals surface area contributed by atoms with Crippen molar-refractivity contribution in [2.24, 2.45) is 0 Å². The van der Waals surface area contributed by atoms with Crippen molar-refractivity contribution in [3.8, 4) is 0 Å². The number of hydrogen-bond acceptors (Lipinski definition) is 4. The molecule has 1 aromatic carbocycles. The molecule has 1 fully saturated rings. The van der Waals surface area contributed by atoms with Gasteiger partial charge >= 0.3 is 11.8 Å². The summed E-state index contributed by atoms with van der Waals surface area (Å²) < 4.78 is 0. The van der Waals surface area contributed by atoms with Crippen LogP contribution in [0.25, 0.3) is 0 Å². The van der Waals surface area contributed by atoms with Crippen LogP contribution in [-0.4, -0.2) is 47.9 Å². The Hall–Kier alpha value is -2.89. The average molecular weight is 338 g/mol. The molecule has 1 saturated heterocycles. The molecule has 1 N–H and O–H groups in total. The molecule has 2 amide bonds. The van der Waals surface area contributed by atoms with Crippen molar-refractivity contribution >= 4 is 23.2 Å². The van der Waals surface area contributed by atoms with Crippen LogP contribution in [0.15, 0.2) is 42.7 Å². The lowest BCUT2D eigenvalue weighted by Crippen LogP contribution is -2.51. The summed E-state index contributed by atoms with van der Waals surface area (Å²) in [6.45, 7) is 6.72. The van der Waals surface area contributed by atoms with Gasteiger partial charge in [-0.15, -0.1) is 0 Å². The van der Waals surface area contributed by atoms with Crippen LogP contribution in [-0.2, 0) is 9.59 Å². The Morgan fingerprint density at radius 2 is 1.80 bits per heavy atom. The fourth-order valence-electron chi connectivity index (χ4n) is 2.99. The van der Waals surface area contributed by atoms with Crippen molar-refractivity contribution in [1.82, 2.24) is 9.88 Å². The Morgan fingerprint density at radius 3 is 2.48 bits per heavy atom. The summed E-state index contributed by atoms with van der Waals surface area (Å²) in [4.78, 5) is 32.3. The van der Waals surface area contributed by atoms with Crippen molar-refractivity contribution in [2.45, 2.75) is 13.8 Å². The van der Waals surface area contributed by atoms with E-state index in [9.17, 15) is 9.59 Å². The van der Waals surface area contributed by atoms with Crippen LogP contribution in [0.3, 0.4) is 0 Å². The van der Waals surface area contributed by atoms with Crippen LogP contribution < -0.4 is 10.2 Å². The van der Waals surface area contributed by atoms with Gasteiger partial charge in [-0.2, -0.15) is 0 Å². The second-order valence-electron chi connectivity index (χ2n) is 6.19. The molecule has 0 bridgehead atoms. The lowest BCUT2D eigenvalue weighted by molar-refractivity contribution is -0.143. The highest BCUT2D eigenvalue weighted by Gasteiger charge is 2.26. The van der Waals surface area contributed by atoms with Crippen molar-refractivity contribution in [3.63, 3.8) is 0 Å². The minimum Gasteiger partial charge on any atom is -0.368 e. The summed E-state index contributed by atoms with van der Waals surface area (Å²) in [5.41, 5.74) is 4.24. The molecular weight excluding hydrogens is 316 g/mol. The normalized spacial score (nSPS) is 14.3. The quantitative estimate of drug-likeness (QED) is 0.851. The fraction of sp³-hybridized carbons (Fsp3) is 0.316. The van der Waals surface area contributed by atoms with Gasteiger partial charge in [0.15, 0.2) is 0 Å². The van der Waals surface area contributed by atoms with Gasteiger partial charge in [-0.05, 0) is 43.2 Å². The Morgan fingerprint density at radius 1 is 1.04 bits per heavy atom. The predicted molar refractivity (Wildman–Crippen MR) is 97.6 cm³/mol. The Kier molecular flexibility index (Phi) is 4.97. The van der Waals surface area contributed by atoms with Gasteiger partial charge in [0.2, 0.25) is 0 Å². The Balaban J connectivity index is 1.59. The number of piperazine rings is 1. The van der Waals surface area contributed by atoms with Crippen LogP contribution in [0.4, 0.5) is 11.4 Å². The van der Waals surface area contributed by atoms with E-state index >= 15 is 0 Å². The molecule has 1 aliphatic heterocycles. The number of anilines is 2. The van der Waals surface area contributed by atoms with E-state index in [-0.39, 0.29) is 0 Å². The summed E-state index contributed by atoms with van der Waals surface area (Å²) in [6.07, 6.45) is 3.13. The number of benzene rings is 1. The first-order chi connectivity index (χ1) is 12.1. The molecule has 130 valence electrons. The van der Waals surface area contributed by atoms with Crippen molar-refractivity contribution < 1.29 is 9.59 Å². The Bertz CT molecular complexity index is 768. The molecular formula is C19H22N4O2. The number of nitrogens with one attached hydrogen (secondary N) is 1. The lowest BCUT2D eigenvalue weighted by atomic mass is 10.1. The lowest BCUT2D eigenvalue weighted by Gasteiger charge is -2.36. The highest BCUT2D eigenvalue weighted by molar-refractivity contribution is 6.39. The number of aryl methyl sites for hydroxylation is 1. The molecule has 1 aromatic heterocycles. The van der Waals surface area contributed by atoms with E-state index in [1.807, 2.05) is 0 Å². The summed E-state index contributed by atoms with van der Waals surface area (Å²) in [5.74, 6) is -1.11. The van der Waals surface area contributed by atoms with Gasteiger partial charge in [-0.3, -0.25) is 14.6 Å². The van der Waals surface area contributed by atoms with Crippen molar-refractivity contribution in [3.05, 3.63) is 53.9 Å². The third-order valence-electron chi connectivity index (χ3n) is 4.60. The van der Waals surface area contributed by atoms with E-state index in [1.54, 1.807) is 23.2 Å². The van der Waals surface area contributed by atoms with Crippen LogP contribution in [0.5, 0.6) is 0 Å². The zero-order valence-electron chi connectivity index (χ0n) is 14.5. The van der Waals surface area contributed by atoms with E-state index in [2.05, 4.69) is 47.2 Å². The highest BCUT2D eigenvalue weighted by atomic mass is 16.2. The molecule has 0 spiro atoms. The second kappa shape index (κ2) is 7.34. The van der Waals surface area contributed by atoms with Gasteiger partial charge < -0.3 is 15.1 Å². The molecule has 2 heterocycles. The third kappa shape index (κ3) is 3.79. The number of nitrogens with zero attached hydrogens (tertiary/aromatic N) is 3. The molecule has 25 heavy (non-hydrogen) atoms. The zero-order chi connectivity index (χ0) is 17.8. The number of amides is 2. The molecule has 6 nitrogen and oxygen atoms in total. The minimum absolute atomic E-state index is 0.496. The first-order valence-electron chi connectivity index (χ1n) is 8.37. The highest BCUT2D eigenvalue weighted by Crippen LogP contribution is 2.23. The third-order valence-corrected chi connectivity index (χ3v) is 4.60. The molecule has 0 unspecified atom stereocenters. The summed E-state index contributed by atoms with van der Waals surface area (Å²) in [5, 5.41) is 2.59. The van der Waals surface area contributed by atoms with Gasteiger partial charge in [0, 0.05) is 38.1 Å². The number of pyridine rings is 1. The second-order valence-corrected chi connectivity index (χ2v) is 6.19. The van der Waals surface area contributed by atoms with E-state index < -0.39 is 11.8 Å². The topological polar surface area (TPSA) is 65.5 Å². The molecule has 0 radical (unpaired) electrons. The van der Waals surface area contributed by atoms with E-state index in [1.165, 1.54) is 23.0 Å². The first-order valence-corrected chi connectivity index (χ1v) is 8.37. The standard InChI is InChI=1S/C19H22N4O2/c1-14-5-3-7-17(15(14)2)22-9-11-23(12-10-22)19(25)18(24)21-16-6-4-8-20-13-16/h3-8,13H,9-12H2,1-2H3,(H,21,24). The van der Waals surface area contributed by atoms with E-state index in [0.717, 1.165) is 13.1 Å². The zero-order valence-corrected chi connectivity index (χ0v) is 14.5. The van der Waals surface area contributed by atoms with Gasteiger partial charge in [0.1, 0.15) is 0 Å². The minimum atomic E-state index is -0.617.